The van der Waals surface area contributed by atoms with Crippen LogP contribution in [-0.4, -0.2) is 39.3 Å². The lowest BCUT2D eigenvalue weighted by atomic mass is 10.1. The highest BCUT2D eigenvalue weighted by molar-refractivity contribution is 7.99. The van der Waals surface area contributed by atoms with Crippen molar-refractivity contribution in [3.8, 4) is 5.69 Å². The number of carbonyl (C=O) groups is 1. The molecule has 150 valence electrons. The number of benzene rings is 1. The van der Waals surface area contributed by atoms with Crippen LogP contribution >= 0.6 is 11.8 Å². The molecule has 0 radical (unpaired) electrons. The molecule has 1 aromatic carbocycles. The molecule has 1 aliphatic rings. The lowest BCUT2D eigenvalue weighted by Crippen LogP contribution is -2.19. The molecule has 4 rings (SSSR count). The smallest absolute Gasteiger partial charge is 0.234 e. The van der Waals surface area contributed by atoms with Crippen molar-refractivity contribution in [2.24, 2.45) is 0 Å². The van der Waals surface area contributed by atoms with Crippen molar-refractivity contribution in [2.75, 3.05) is 29.1 Å². The lowest BCUT2D eigenvalue weighted by molar-refractivity contribution is -0.113. The lowest BCUT2D eigenvalue weighted by Gasteiger charge is -2.16. The van der Waals surface area contributed by atoms with Gasteiger partial charge in [0.15, 0.2) is 5.16 Å². The maximum atomic E-state index is 12.4. The highest BCUT2D eigenvalue weighted by atomic mass is 32.2. The van der Waals surface area contributed by atoms with Crippen LogP contribution in [0.5, 0.6) is 0 Å². The Balaban J connectivity index is 1.36. The normalized spacial score (nSPS) is 13.7. The third-order valence-corrected chi connectivity index (χ3v) is 5.85. The van der Waals surface area contributed by atoms with Crippen LogP contribution in [0.25, 0.3) is 5.69 Å². The molecule has 7 heteroatoms. The number of pyridine rings is 1. The molecular formula is C22H25N5OS. The Morgan fingerprint density at radius 3 is 2.55 bits per heavy atom. The standard InChI is InChI=1S/C22H25N5OS/c1-16-11-17(2)13-19(12-16)27-10-7-23-22(27)29-15-21(28)25-18-5-6-20(24-14-18)26-8-3-4-9-26/h5-7,10-14H,3-4,8-9,15H2,1-2H3,(H,25,28). The Hall–Kier alpha value is -2.80. The number of hydrogen-bond donors (Lipinski definition) is 1. The SMILES string of the molecule is Cc1cc(C)cc(-n2ccnc2SCC(=O)Nc2ccc(N3CCCC3)nc2)c1. The van der Waals surface area contributed by atoms with E-state index in [-0.39, 0.29) is 11.7 Å². The van der Waals surface area contributed by atoms with Gasteiger partial charge in [-0.25, -0.2) is 9.97 Å². The molecule has 0 spiro atoms. The quantitative estimate of drug-likeness (QED) is 0.620. The van der Waals surface area contributed by atoms with Crippen LogP contribution in [0.2, 0.25) is 0 Å². The molecule has 1 fully saturated rings. The maximum absolute atomic E-state index is 12.4. The Morgan fingerprint density at radius 1 is 1.10 bits per heavy atom. The van der Waals surface area contributed by atoms with Crippen molar-refractivity contribution in [3.63, 3.8) is 0 Å². The van der Waals surface area contributed by atoms with E-state index in [1.54, 1.807) is 12.4 Å². The maximum Gasteiger partial charge on any atom is 0.234 e. The zero-order chi connectivity index (χ0) is 20.2. The largest absolute Gasteiger partial charge is 0.357 e. The molecule has 6 nitrogen and oxygen atoms in total. The fourth-order valence-electron chi connectivity index (χ4n) is 3.60. The number of amides is 1. The monoisotopic (exact) mass is 407 g/mol. The Bertz CT molecular complexity index is 972. The van der Waals surface area contributed by atoms with Gasteiger partial charge in [0.25, 0.3) is 0 Å². The van der Waals surface area contributed by atoms with E-state index < -0.39 is 0 Å². The molecule has 1 N–H and O–H groups in total. The van der Waals surface area contributed by atoms with Crippen molar-refractivity contribution >= 4 is 29.2 Å². The van der Waals surface area contributed by atoms with Crippen molar-refractivity contribution in [1.82, 2.24) is 14.5 Å². The number of aromatic nitrogens is 3. The molecule has 0 bridgehead atoms. The van der Waals surface area contributed by atoms with Crippen LogP contribution in [-0.2, 0) is 4.79 Å². The minimum Gasteiger partial charge on any atom is -0.357 e. The second-order valence-corrected chi connectivity index (χ2v) is 8.30. The van der Waals surface area contributed by atoms with Gasteiger partial charge in [0.05, 0.1) is 17.6 Å². The molecule has 0 unspecified atom stereocenters. The highest BCUT2D eigenvalue weighted by Crippen LogP contribution is 2.23. The number of rotatable bonds is 6. The molecule has 0 atom stereocenters. The van der Waals surface area contributed by atoms with Crippen LogP contribution in [0.15, 0.2) is 54.1 Å². The zero-order valence-corrected chi connectivity index (χ0v) is 17.6. The van der Waals surface area contributed by atoms with E-state index in [4.69, 9.17) is 0 Å². The Kier molecular flexibility index (Phi) is 5.85. The second-order valence-electron chi connectivity index (χ2n) is 7.36. The van der Waals surface area contributed by atoms with E-state index in [0.717, 1.165) is 35.4 Å². The molecule has 1 aliphatic heterocycles. The van der Waals surface area contributed by atoms with Gasteiger partial charge in [-0.05, 0) is 62.1 Å². The number of hydrogen-bond acceptors (Lipinski definition) is 5. The van der Waals surface area contributed by atoms with E-state index in [1.165, 1.54) is 35.7 Å². The van der Waals surface area contributed by atoms with Crippen LogP contribution in [0, 0.1) is 13.8 Å². The minimum absolute atomic E-state index is 0.0688. The van der Waals surface area contributed by atoms with Crippen molar-refractivity contribution in [2.45, 2.75) is 31.8 Å². The summed E-state index contributed by atoms with van der Waals surface area (Å²) in [6.45, 7) is 6.28. The second kappa shape index (κ2) is 8.69. The van der Waals surface area contributed by atoms with Gasteiger partial charge in [0.2, 0.25) is 5.91 Å². The van der Waals surface area contributed by atoms with Gasteiger partial charge in [-0.3, -0.25) is 9.36 Å². The van der Waals surface area contributed by atoms with Crippen molar-refractivity contribution in [1.29, 1.82) is 0 Å². The molecule has 0 saturated carbocycles. The number of aryl methyl sites for hydroxylation is 2. The van der Waals surface area contributed by atoms with Gasteiger partial charge >= 0.3 is 0 Å². The van der Waals surface area contributed by atoms with Gasteiger partial charge in [0.1, 0.15) is 5.82 Å². The summed E-state index contributed by atoms with van der Waals surface area (Å²) in [7, 11) is 0. The average Bonchev–Trinajstić information content (AvgIpc) is 3.38. The van der Waals surface area contributed by atoms with Gasteiger partial charge < -0.3 is 10.2 Å². The summed E-state index contributed by atoms with van der Waals surface area (Å²) < 4.78 is 2.02. The first-order chi connectivity index (χ1) is 14.1. The fraction of sp³-hybridized carbons (Fsp3) is 0.318. The summed E-state index contributed by atoms with van der Waals surface area (Å²) in [4.78, 5) is 23.6. The topological polar surface area (TPSA) is 63.1 Å². The summed E-state index contributed by atoms with van der Waals surface area (Å²) in [5.41, 5.74) is 4.18. The highest BCUT2D eigenvalue weighted by Gasteiger charge is 2.14. The molecule has 1 saturated heterocycles. The fourth-order valence-corrected chi connectivity index (χ4v) is 4.38. The predicted molar refractivity (Wildman–Crippen MR) is 118 cm³/mol. The number of thioether (sulfide) groups is 1. The summed E-state index contributed by atoms with van der Waals surface area (Å²) in [6.07, 6.45) is 7.85. The van der Waals surface area contributed by atoms with Crippen LogP contribution in [0.4, 0.5) is 11.5 Å². The molecule has 1 amide bonds. The number of carbonyl (C=O) groups excluding carboxylic acids is 1. The number of nitrogens with one attached hydrogen (secondary N) is 1. The number of imidazole rings is 1. The molecule has 3 aromatic rings. The molecule has 2 aromatic heterocycles. The van der Waals surface area contributed by atoms with Gasteiger partial charge in [-0.2, -0.15) is 0 Å². The first-order valence-electron chi connectivity index (χ1n) is 9.84. The van der Waals surface area contributed by atoms with Crippen LogP contribution in [0.1, 0.15) is 24.0 Å². The van der Waals surface area contributed by atoms with Crippen LogP contribution in [0.3, 0.4) is 0 Å². The van der Waals surface area contributed by atoms with E-state index in [0.29, 0.717) is 0 Å². The minimum atomic E-state index is -0.0688. The van der Waals surface area contributed by atoms with Crippen molar-refractivity contribution in [3.05, 3.63) is 60.0 Å². The van der Waals surface area contributed by atoms with Crippen LogP contribution < -0.4 is 10.2 Å². The first kappa shape index (κ1) is 19.5. The van der Waals surface area contributed by atoms with Crippen molar-refractivity contribution < 1.29 is 4.79 Å². The molecular weight excluding hydrogens is 382 g/mol. The Morgan fingerprint density at radius 2 is 1.86 bits per heavy atom. The van der Waals surface area contributed by atoms with Gasteiger partial charge in [-0.15, -0.1) is 0 Å². The third kappa shape index (κ3) is 4.79. The third-order valence-electron chi connectivity index (χ3n) is 4.89. The molecule has 3 heterocycles. The van der Waals surface area contributed by atoms with Gasteiger partial charge in [-0.1, -0.05) is 17.8 Å². The first-order valence-corrected chi connectivity index (χ1v) is 10.8. The van der Waals surface area contributed by atoms with E-state index in [1.807, 2.05) is 22.9 Å². The predicted octanol–water partition coefficient (Wildman–Crippen LogP) is 4.22. The Labute approximate surface area is 175 Å². The van der Waals surface area contributed by atoms with Gasteiger partial charge in [0, 0.05) is 31.2 Å². The zero-order valence-electron chi connectivity index (χ0n) is 16.8. The summed E-state index contributed by atoms with van der Waals surface area (Å²) in [5, 5.41) is 3.72. The summed E-state index contributed by atoms with van der Waals surface area (Å²) in [6, 6.07) is 10.3. The number of nitrogens with zero attached hydrogens (tertiary/aromatic N) is 4. The summed E-state index contributed by atoms with van der Waals surface area (Å²) >= 11 is 1.42. The number of anilines is 2. The average molecular weight is 408 g/mol. The van der Waals surface area contributed by atoms with E-state index in [9.17, 15) is 4.79 Å². The van der Waals surface area contributed by atoms with E-state index >= 15 is 0 Å². The molecule has 0 aliphatic carbocycles. The summed E-state index contributed by atoms with van der Waals surface area (Å²) in [5.74, 6) is 1.20. The molecule has 29 heavy (non-hydrogen) atoms. The van der Waals surface area contributed by atoms with E-state index in [2.05, 4.69) is 52.2 Å².